The van der Waals surface area contributed by atoms with E-state index in [0.717, 1.165) is 31.2 Å². The van der Waals surface area contributed by atoms with Crippen molar-refractivity contribution < 1.29 is 25.9 Å². The van der Waals surface area contributed by atoms with Crippen LogP contribution in [0.5, 0.6) is 0 Å². The fourth-order valence-electron chi connectivity index (χ4n) is 5.47. The number of fused-ring (bicyclic) bond motifs is 1. The number of benzene rings is 2. The molecule has 0 aliphatic rings. The van der Waals surface area contributed by atoms with Gasteiger partial charge in [-0.3, -0.25) is 9.11 Å². The van der Waals surface area contributed by atoms with Crippen molar-refractivity contribution in [1.82, 2.24) is 9.55 Å². The molecule has 41 heavy (non-hydrogen) atoms. The Bertz CT molecular complexity index is 1430. The van der Waals surface area contributed by atoms with Crippen molar-refractivity contribution in [2.75, 3.05) is 0 Å². The maximum absolute atomic E-state index is 12.5. The summed E-state index contributed by atoms with van der Waals surface area (Å²) in [6, 6.07) is 12.2. The minimum atomic E-state index is -4.76. The van der Waals surface area contributed by atoms with Crippen LogP contribution in [0.1, 0.15) is 114 Å². The number of hydrogen-bond donors (Lipinski definition) is 2. The Labute approximate surface area is 246 Å². The zero-order valence-electron chi connectivity index (χ0n) is 24.3. The highest BCUT2D eigenvalue weighted by Crippen LogP contribution is 2.31. The molecule has 1 heterocycles. The van der Waals surface area contributed by atoms with Crippen LogP contribution in [0.15, 0.2) is 52.5 Å². The van der Waals surface area contributed by atoms with Gasteiger partial charge in [-0.15, -0.1) is 0 Å². The quantitative estimate of drug-likeness (QED) is 0.0985. The summed E-state index contributed by atoms with van der Waals surface area (Å²) in [5, 5.41) is -0.662. The summed E-state index contributed by atoms with van der Waals surface area (Å²) in [5.41, 5.74) is 1.18. The molecule has 2 aromatic carbocycles. The van der Waals surface area contributed by atoms with Crippen molar-refractivity contribution in [2.24, 2.45) is 0 Å². The molecular weight excluding hydrogens is 560 g/mol. The first-order valence-corrected chi connectivity index (χ1v) is 18.0. The summed E-state index contributed by atoms with van der Waals surface area (Å²) in [7, 11) is -9.46. The molecule has 0 saturated heterocycles. The minimum Gasteiger partial charge on any atom is -0.308 e. The van der Waals surface area contributed by atoms with Crippen LogP contribution in [-0.2, 0) is 33.2 Å². The third-order valence-electron chi connectivity index (χ3n) is 7.64. The maximum atomic E-state index is 12.5. The van der Waals surface area contributed by atoms with Gasteiger partial charge in [-0.1, -0.05) is 133 Å². The topological polar surface area (TPSA) is 127 Å². The first-order chi connectivity index (χ1) is 19.6. The van der Waals surface area contributed by atoms with E-state index in [4.69, 9.17) is 0 Å². The molecule has 8 nitrogen and oxygen atoms in total. The molecular formula is C31H46N2O6S2. The Morgan fingerprint density at radius 2 is 1.17 bits per heavy atom. The molecule has 1 aromatic heterocycles. The van der Waals surface area contributed by atoms with E-state index in [1.807, 2.05) is 6.07 Å². The van der Waals surface area contributed by atoms with E-state index in [-0.39, 0.29) is 17.6 Å². The van der Waals surface area contributed by atoms with Gasteiger partial charge < -0.3 is 4.57 Å². The van der Waals surface area contributed by atoms with Crippen LogP contribution in [0.25, 0.3) is 11.0 Å². The van der Waals surface area contributed by atoms with Gasteiger partial charge in [0.25, 0.3) is 15.3 Å². The van der Waals surface area contributed by atoms with Crippen molar-refractivity contribution in [3.8, 4) is 0 Å². The van der Waals surface area contributed by atoms with Crippen LogP contribution in [0.2, 0.25) is 0 Å². The lowest BCUT2D eigenvalue weighted by atomic mass is 10.0. The van der Waals surface area contributed by atoms with Gasteiger partial charge in [0.2, 0.25) is 0 Å². The summed E-state index contributed by atoms with van der Waals surface area (Å²) in [5.74, 6) is 0. The summed E-state index contributed by atoms with van der Waals surface area (Å²) in [6.45, 7) is 2.30. The maximum Gasteiger partial charge on any atom is 0.328 e. The summed E-state index contributed by atoms with van der Waals surface area (Å²) in [6.07, 6.45) is 18.8. The molecule has 0 bridgehead atoms. The Balaban J connectivity index is 1.55. The second-order valence-corrected chi connectivity index (χ2v) is 13.7. The van der Waals surface area contributed by atoms with Crippen molar-refractivity contribution in [3.63, 3.8) is 0 Å². The molecule has 0 unspecified atom stereocenters. The van der Waals surface area contributed by atoms with Gasteiger partial charge in [-0.25, -0.2) is 4.98 Å². The Morgan fingerprint density at radius 1 is 0.659 bits per heavy atom. The van der Waals surface area contributed by atoms with Crippen molar-refractivity contribution >= 4 is 31.3 Å². The molecule has 0 amide bonds. The molecule has 0 aliphatic carbocycles. The predicted molar refractivity (Wildman–Crippen MR) is 164 cm³/mol. The zero-order valence-corrected chi connectivity index (χ0v) is 25.9. The molecule has 228 valence electrons. The third kappa shape index (κ3) is 10.5. The average Bonchev–Trinajstić information content (AvgIpc) is 3.29. The number of aromatic nitrogens is 2. The molecule has 0 aliphatic heterocycles. The van der Waals surface area contributed by atoms with Gasteiger partial charge in [0, 0.05) is 0 Å². The molecule has 2 N–H and O–H groups in total. The van der Waals surface area contributed by atoms with Gasteiger partial charge >= 0.3 is 10.1 Å². The van der Waals surface area contributed by atoms with Crippen LogP contribution < -0.4 is 0 Å². The van der Waals surface area contributed by atoms with Crippen molar-refractivity contribution in [3.05, 3.63) is 53.6 Å². The van der Waals surface area contributed by atoms with E-state index in [1.54, 1.807) is 36.4 Å². The first-order valence-electron chi connectivity index (χ1n) is 15.1. The highest BCUT2D eigenvalue weighted by molar-refractivity contribution is 7.86. The second kappa shape index (κ2) is 16.4. The standard InChI is InChI=1S/C31H46N2O6S2/c1-2-3-4-5-6-7-8-9-10-11-12-13-14-15-19-22-27-23-24-28-29(30(27)40(34,35)36)32-31(41(37,38)39)33(28)25-26-20-17-16-18-21-26/h16-18,20-21,23-24H,2-15,19,22,25H2,1H3,(H,34,35,36)(H,37,38,39). The molecule has 3 aromatic rings. The largest absolute Gasteiger partial charge is 0.328 e. The monoisotopic (exact) mass is 606 g/mol. The van der Waals surface area contributed by atoms with Gasteiger partial charge in [-0.05, 0) is 30.0 Å². The second-order valence-electron chi connectivity index (χ2n) is 11.0. The highest BCUT2D eigenvalue weighted by Gasteiger charge is 2.28. The Hall–Kier alpha value is -2.27. The first kappa shape index (κ1) is 33.2. The van der Waals surface area contributed by atoms with Crippen LogP contribution in [0.3, 0.4) is 0 Å². The van der Waals surface area contributed by atoms with Gasteiger partial charge in [0.05, 0.1) is 12.1 Å². The lowest BCUT2D eigenvalue weighted by molar-refractivity contribution is 0.466. The molecule has 3 rings (SSSR count). The van der Waals surface area contributed by atoms with Crippen molar-refractivity contribution in [1.29, 1.82) is 0 Å². The van der Waals surface area contributed by atoms with Crippen LogP contribution >= 0.6 is 0 Å². The van der Waals surface area contributed by atoms with E-state index in [2.05, 4.69) is 11.9 Å². The lowest BCUT2D eigenvalue weighted by Gasteiger charge is -2.10. The van der Waals surface area contributed by atoms with Crippen molar-refractivity contribution in [2.45, 2.75) is 126 Å². The Kier molecular flexibility index (Phi) is 13.3. The molecule has 0 saturated carbocycles. The van der Waals surface area contributed by atoms with Gasteiger partial charge in [0.1, 0.15) is 10.4 Å². The predicted octanol–water partition coefficient (Wildman–Crippen LogP) is 7.99. The van der Waals surface area contributed by atoms with Crippen LogP contribution in [-0.4, -0.2) is 35.5 Å². The van der Waals surface area contributed by atoms with Gasteiger partial charge in [-0.2, -0.15) is 16.8 Å². The minimum absolute atomic E-state index is 0.0514. The number of rotatable bonds is 20. The molecule has 0 fully saturated rings. The molecule has 0 atom stereocenters. The van der Waals surface area contributed by atoms with E-state index < -0.39 is 30.3 Å². The SMILES string of the molecule is CCCCCCCCCCCCCCCCCc1ccc2c(nc(S(=O)(=O)O)n2Cc2ccccc2)c1S(=O)(=O)O. The van der Waals surface area contributed by atoms with E-state index in [1.165, 1.54) is 75.2 Å². The molecule has 0 radical (unpaired) electrons. The fourth-order valence-corrected chi connectivity index (χ4v) is 7.02. The van der Waals surface area contributed by atoms with E-state index >= 15 is 0 Å². The average molecular weight is 607 g/mol. The summed E-state index contributed by atoms with van der Waals surface area (Å²) < 4.78 is 70.4. The number of unbranched alkanes of at least 4 members (excludes halogenated alkanes) is 14. The smallest absolute Gasteiger partial charge is 0.308 e. The number of aryl methyl sites for hydroxylation is 1. The van der Waals surface area contributed by atoms with Crippen LogP contribution in [0.4, 0.5) is 0 Å². The lowest BCUT2D eigenvalue weighted by Crippen LogP contribution is -2.10. The Morgan fingerprint density at radius 3 is 1.66 bits per heavy atom. The number of imidazole rings is 1. The number of nitrogens with zero attached hydrogens (tertiary/aromatic N) is 2. The molecule has 0 spiro atoms. The van der Waals surface area contributed by atoms with Crippen LogP contribution in [0, 0.1) is 0 Å². The highest BCUT2D eigenvalue weighted by atomic mass is 32.2. The van der Waals surface area contributed by atoms with E-state index in [0.29, 0.717) is 12.0 Å². The normalized spacial score (nSPS) is 12.4. The fraction of sp³-hybridized carbons (Fsp3) is 0.581. The zero-order chi connectivity index (χ0) is 29.7. The van der Waals surface area contributed by atoms with Gasteiger partial charge in [0.15, 0.2) is 0 Å². The third-order valence-corrected chi connectivity index (χ3v) is 9.39. The summed E-state index contributed by atoms with van der Waals surface area (Å²) in [4.78, 5) is 3.62. The summed E-state index contributed by atoms with van der Waals surface area (Å²) >= 11 is 0. The molecule has 10 heteroatoms. The van der Waals surface area contributed by atoms with E-state index in [9.17, 15) is 25.9 Å². The number of hydrogen-bond acceptors (Lipinski definition) is 5.